The summed E-state index contributed by atoms with van der Waals surface area (Å²) < 4.78 is 0. The second kappa shape index (κ2) is 39.6. The van der Waals surface area contributed by atoms with Gasteiger partial charge in [0.05, 0.1) is 0 Å². The second-order valence-corrected chi connectivity index (χ2v) is 16.6. The van der Waals surface area contributed by atoms with Crippen LogP contribution in [0.4, 0.5) is 0 Å². The molecule has 0 aromatic heterocycles. The molecule has 0 radical (unpaired) electrons. The average molecular weight is 736 g/mol. The third-order valence-corrected chi connectivity index (χ3v) is 11.8. The smallest absolute Gasteiger partial charge is 0.324 e. The van der Waals surface area contributed by atoms with Crippen LogP contribution in [0.5, 0.6) is 0 Å². The highest BCUT2D eigenvalue weighted by molar-refractivity contribution is 5.80. The summed E-state index contributed by atoms with van der Waals surface area (Å²) in [5, 5.41) is 20.5. The lowest BCUT2D eigenvalue weighted by Gasteiger charge is -2.41. The summed E-state index contributed by atoms with van der Waals surface area (Å²) in [5.74, 6) is -1.68. The number of hydrogen-bond donors (Lipinski definition) is 2. The third kappa shape index (κ3) is 31.3. The normalized spacial score (nSPS) is 12.8. The predicted octanol–water partition coefficient (Wildman–Crippen LogP) is 15.5. The van der Waals surface area contributed by atoms with Crippen LogP contribution < -0.4 is 0 Å². The van der Waals surface area contributed by atoms with Gasteiger partial charge in [-0.25, -0.2) is 0 Å². The Kier molecular flexibility index (Phi) is 38.8. The Hall–Kier alpha value is -1.10. The SMILES string of the molecule is CCCCCCCCCCCCCCCCN(CCCCCCCCCCCCCCCC)[C@](CCCCCCCCCC)(CCC(=O)O)C(=O)O. The number of carboxylic acid groups (broad SMARTS) is 2. The number of unbranched alkanes of at least 4 members (excludes halogenated alkanes) is 33. The van der Waals surface area contributed by atoms with Crippen LogP contribution in [-0.4, -0.2) is 45.7 Å². The van der Waals surface area contributed by atoms with Gasteiger partial charge in [-0.2, -0.15) is 0 Å². The predicted molar refractivity (Wildman–Crippen MR) is 227 cm³/mol. The second-order valence-electron chi connectivity index (χ2n) is 16.6. The fourth-order valence-electron chi connectivity index (χ4n) is 8.19. The van der Waals surface area contributed by atoms with Crippen molar-refractivity contribution in [1.82, 2.24) is 4.90 Å². The van der Waals surface area contributed by atoms with E-state index < -0.39 is 17.5 Å². The average Bonchev–Trinajstić information content (AvgIpc) is 3.13. The van der Waals surface area contributed by atoms with Crippen LogP contribution in [-0.2, 0) is 9.59 Å². The van der Waals surface area contributed by atoms with E-state index in [0.717, 1.165) is 58.0 Å². The monoisotopic (exact) mass is 736 g/mol. The molecule has 0 amide bonds. The van der Waals surface area contributed by atoms with Gasteiger partial charge in [0.1, 0.15) is 5.54 Å². The van der Waals surface area contributed by atoms with Gasteiger partial charge in [0, 0.05) is 6.42 Å². The highest BCUT2D eigenvalue weighted by Crippen LogP contribution is 2.31. The molecule has 0 spiro atoms. The number of carbonyl (C=O) groups is 2. The Bertz CT molecular complexity index is 726. The molecular weight excluding hydrogens is 643 g/mol. The summed E-state index contributed by atoms with van der Waals surface area (Å²) in [4.78, 5) is 27.2. The molecule has 0 saturated carbocycles. The maximum atomic E-state index is 13.2. The fourth-order valence-corrected chi connectivity index (χ4v) is 8.19. The molecule has 310 valence electrons. The van der Waals surface area contributed by atoms with E-state index in [2.05, 4.69) is 25.7 Å². The zero-order valence-corrected chi connectivity index (χ0v) is 35.6. The van der Waals surface area contributed by atoms with Gasteiger partial charge in [-0.3, -0.25) is 14.5 Å². The van der Waals surface area contributed by atoms with Crippen molar-refractivity contribution in [2.45, 2.75) is 277 Å². The number of rotatable bonds is 44. The summed E-state index contributed by atoms with van der Waals surface area (Å²) >= 11 is 0. The van der Waals surface area contributed by atoms with Crippen LogP contribution in [0, 0.1) is 0 Å². The van der Waals surface area contributed by atoms with E-state index in [1.807, 2.05) is 0 Å². The van der Waals surface area contributed by atoms with Crippen LogP contribution in [0.15, 0.2) is 0 Å². The highest BCUT2D eigenvalue weighted by atomic mass is 16.4. The first-order valence-corrected chi connectivity index (χ1v) is 23.6. The van der Waals surface area contributed by atoms with E-state index in [1.165, 1.54) is 186 Å². The van der Waals surface area contributed by atoms with Gasteiger partial charge in [0.15, 0.2) is 0 Å². The number of hydrogen-bond acceptors (Lipinski definition) is 3. The summed E-state index contributed by atoms with van der Waals surface area (Å²) in [7, 11) is 0. The fraction of sp³-hybridized carbons (Fsp3) is 0.957. The molecule has 0 bridgehead atoms. The van der Waals surface area contributed by atoms with Crippen molar-refractivity contribution in [3.05, 3.63) is 0 Å². The van der Waals surface area contributed by atoms with Gasteiger partial charge in [-0.05, 0) is 38.8 Å². The number of nitrogens with zero attached hydrogens (tertiary/aromatic N) is 1. The summed E-state index contributed by atoms with van der Waals surface area (Å²) in [5.41, 5.74) is -1.06. The van der Waals surface area contributed by atoms with Crippen molar-refractivity contribution < 1.29 is 19.8 Å². The van der Waals surface area contributed by atoms with Crippen molar-refractivity contribution in [3.63, 3.8) is 0 Å². The Labute approximate surface area is 325 Å². The molecule has 0 saturated heterocycles. The Morgan fingerprint density at radius 1 is 0.365 bits per heavy atom. The summed E-state index contributed by atoms with van der Waals surface area (Å²) in [6, 6.07) is 0. The van der Waals surface area contributed by atoms with E-state index in [1.54, 1.807) is 0 Å². The molecule has 2 N–H and O–H groups in total. The first-order valence-electron chi connectivity index (χ1n) is 23.6. The van der Waals surface area contributed by atoms with Crippen molar-refractivity contribution >= 4 is 11.9 Å². The van der Waals surface area contributed by atoms with Crippen LogP contribution in [0.3, 0.4) is 0 Å². The number of carboxylic acids is 2. The van der Waals surface area contributed by atoms with Gasteiger partial charge in [0.25, 0.3) is 0 Å². The van der Waals surface area contributed by atoms with Gasteiger partial charge in [-0.15, -0.1) is 0 Å². The zero-order chi connectivity index (χ0) is 38.2. The standard InChI is InChI=1S/C47H93NO4/c1-4-7-10-13-16-19-21-23-25-27-29-32-35-38-43-48(44-39-36-33-30-28-26-24-22-20-17-14-11-8-5-2)47(46(51)52,42-40-45(49)50)41-37-34-31-18-15-12-9-6-3/h4-44H2,1-3H3,(H,49,50)(H,51,52)/t47-/m1/s1. The Morgan fingerprint density at radius 3 is 0.865 bits per heavy atom. The minimum absolute atomic E-state index is 0.0721. The maximum absolute atomic E-state index is 13.2. The first-order chi connectivity index (χ1) is 25.4. The maximum Gasteiger partial charge on any atom is 0.324 e. The highest BCUT2D eigenvalue weighted by Gasteiger charge is 2.43. The molecule has 5 heteroatoms. The summed E-state index contributed by atoms with van der Waals surface area (Å²) in [6.45, 7) is 8.36. The molecular formula is C47H93NO4. The summed E-state index contributed by atoms with van der Waals surface area (Å²) in [6.07, 6.45) is 46.8. The largest absolute Gasteiger partial charge is 0.481 e. The van der Waals surface area contributed by atoms with Crippen LogP contribution in [0.2, 0.25) is 0 Å². The molecule has 0 aliphatic carbocycles. The molecule has 0 fully saturated rings. The lowest BCUT2D eigenvalue weighted by Crippen LogP contribution is -2.55. The molecule has 0 aromatic carbocycles. The molecule has 0 heterocycles. The lowest BCUT2D eigenvalue weighted by molar-refractivity contribution is -0.154. The third-order valence-electron chi connectivity index (χ3n) is 11.8. The van der Waals surface area contributed by atoms with Crippen molar-refractivity contribution in [2.24, 2.45) is 0 Å². The van der Waals surface area contributed by atoms with Crippen molar-refractivity contribution in [2.75, 3.05) is 13.1 Å². The molecule has 52 heavy (non-hydrogen) atoms. The van der Waals surface area contributed by atoms with E-state index in [4.69, 9.17) is 0 Å². The molecule has 0 aromatic rings. The van der Waals surface area contributed by atoms with Crippen LogP contribution >= 0.6 is 0 Å². The van der Waals surface area contributed by atoms with Crippen molar-refractivity contribution in [3.8, 4) is 0 Å². The van der Waals surface area contributed by atoms with Gasteiger partial charge in [-0.1, -0.05) is 239 Å². The molecule has 5 nitrogen and oxygen atoms in total. The van der Waals surface area contributed by atoms with E-state index in [0.29, 0.717) is 6.42 Å². The van der Waals surface area contributed by atoms with Gasteiger partial charge >= 0.3 is 11.9 Å². The topological polar surface area (TPSA) is 77.8 Å². The number of aliphatic carboxylic acids is 2. The van der Waals surface area contributed by atoms with Crippen molar-refractivity contribution in [1.29, 1.82) is 0 Å². The Balaban J connectivity index is 4.90. The lowest BCUT2D eigenvalue weighted by atomic mass is 9.84. The van der Waals surface area contributed by atoms with E-state index in [-0.39, 0.29) is 12.8 Å². The quantitative estimate of drug-likeness (QED) is 0.0609. The molecule has 1 atom stereocenters. The van der Waals surface area contributed by atoms with Gasteiger partial charge < -0.3 is 10.2 Å². The molecule has 0 unspecified atom stereocenters. The molecule has 0 aliphatic rings. The minimum Gasteiger partial charge on any atom is -0.481 e. The van der Waals surface area contributed by atoms with Crippen LogP contribution in [0.25, 0.3) is 0 Å². The van der Waals surface area contributed by atoms with E-state index >= 15 is 0 Å². The van der Waals surface area contributed by atoms with E-state index in [9.17, 15) is 19.8 Å². The van der Waals surface area contributed by atoms with Gasteiger partial charge in [0.2, 0.25) is 0 Å². The first kappa shape index (κ1) is 50.9. The zero-order valence-electron chi connectivity index (χ0n) is 35.6. The molecule has 0 aliphatic heterocycles. The van der Waals surface area contributed by atoms with Crippen LogP contribution in [0.1, 0.15) is 271 Å². The Morgan fingerprint density at radius 2 is 0.615 bits per heavy atom. The minimum atomic E-state index is -1.06. The molecule has 0 rings (SSSR count).